The van der Waals surface area contributed by atoms with E-state index in [4.69, 9.17) is 0 Å². The number of rotatable bonds is 2. The van der Waals surface area contributed by atoms with E-state index < -0.39 is 0 Å². The van der Waals surface area contributed by atoms with Crippen molar-refractivity contribution >= 4 is 63.9 Å². The van der Waals surface area contributed by atoms with Crippen LogP contribution in [0.5, 0.6) is 0 Å². The predicted molar refractivity (Wildman–Crippen MR) is 53.6 cm³/mol. The molecule has 5 heteroatoms. The lowest BCUT2D eigenvalue weighted by molar-refractivity contribution is -0.122. The van der Waals surface area contributed by atoms with Crippen LogP contribution in [0.2, 0.25) is 0 Å². The first-order valence-corrected chi connectivity index (χ1v) is 5.28. The molecule has 0 rings (SSSR count). The second kappa shape index (κ2) is 5.10. The van der Waals surface area contributed by atoms with E-state index in [1.807, 2.05) is 22.6 Å². The molecule has 0 bridgehead atoms. The Kier molecular flexibility index (Phi) is 5.91. The van der Waals surface area contributed by atoms with Crippen molar-refractivity contribution in [3.63, 3.8) is 0 Å². The van der Waals surface area contributed by atoms with Crippen LogP contribution in [0, 0.1) is 0 Å². The van der Waals surface area contributed by atoms with Crippen molar-refractivity contribution < 1.29 is 4.79 Å². The molecule has 0 aliphatic heterocycles. The highest BCUT2D eigenvalue weighted by molar-refractivity contribution is 14.1. The number of hydrogen-bond donors (Lipinski definition) is 1. The molecule has 0 spiro atoms. The topological polar surface area (TPSA) is 20.3 Å². The number of carbonyl (C=O) groups is 1. The van der Waals surface area contributed by atoms with Gasteiger partial charge in [-0.25, -0.2) is 0 Å². The van der Waals surface area contributed by atoms with Gasteiger partial charge in [-0.3, -0.25) is 9.10 Å². The number of halogens is 2. The van der Waals surface area contributed by atoms with E-state index in [-0.39, 0.29) is 5.91 Å². The zero-order valence-electron chi connectivity index (χ0n) is 3.97. The van der Waals surface area contributed by atoms with Crippen LogP contribution >= 0.6 is 58.0 Å². The van der Waals surface area contributed by atoms with Gasteiger partial charge >= 0.3 is 0 Å². The van der Waals surface area contributed by atoms with E-state index in [2.05, 4.69) is 35.4 Å². The third kappa shape index (κ3) is 3.33. The molecule has 0 saturated heterocycles. The van der Waals surface area contributed by atoms with Crippen molar-refractivity contribution in [3.8, 4) is 0 Å². The molecule has 0 saturated carbocycles. The zero-order chi connectivity index (χ0) is 6.57. The summed E-state index contributed by atoms with van der Waals surface area (Å²) in [5, 5.41) is 0. The Bertz CT molecular complexity index is 89.4. The van der Waals surface area contributed by atoms with Crippen molar-refractivity contribution in [2.24, 2.45) is 0 Å². The third-order valence-corrected chi connectivity index (χ3v) is 2.75. The average Bonchev–Trinajstić information content (AvgIpc) is 1.84. The molecule has 48 valence electrons. The van der Waals surface area contributed by atoms with E-state index >= 15 is 0 Å². The maximum atomic E-state index is 10.6. The molecule has 8 heavy (non-hydrogen) atoms. The van der Waals surface area contributed by atoms with Gasteiger partial charge in [-0.1, -0.05) is 58.0 Å². The van der Waals surface area contributed by atoms with Gasteiger partial charge in [-0.15, -0.1) is 0 Å². The van der Waals surface area contributed by atoms with Crippen LogP contribution in [0.15, 0.2) is 0 Å². The fourth-order valence-corrected chi connectivity index (χ4v) is 1.27. The molecule has 0 aromatic rings. The highest BCUT2D eigenvalue weighted by Gasteiger charge is 2.03. The number of amides is 1. The van der Waals surface area contributed by atoms with Crippen LogP contribution in [-0.4, -0.2) is 19.2 Å². The molecule has 0 N–H and O–H groups in total. The van der Waals surface area contributed by atoms with Gasteiger partial charge in [0.1, 0.15) is 0 Å². The Balaban J connectivity index is 3.46. The van der Waals surface area contributed by atoms with E-state index in [0.29, 0.717) is 8.98 Å². The normalized spacial score (nSPS) is 8.88. The molecule has 0 aliphatic carbocycles. The van der Waals surface area contributed by atoms with Crippen molar-refractivity contribution in [2.45, 2.75) is 0 Å². The third-order valence-electron chi connectivity index (χ3n) is 0.515. The van der Waals surface area contributed by atoms with E-state index in [1.54, 1.807) is 0 Å². The lowest BCUT2D eigenvalue weighted by Gasteiger charge is -2.07. The predicted octanol–water partition coefficient (Wildman–Crippen LogP) is 1.49. The van der Waals surface area contributed by atoms with Gasteiger partial charge in [-0.2, -0.15) is 0 Å². The van der Waals surface area contributed by atoms with Crippen molar-refractivity contribution in [3.05, 3.63) is 0 Å². The van der Waals surface area contributed by atoms with E-state index in [1.165, 1.54) is 4.31 Å². The molecule has 0 aromatic heterocycles. The number of carbonyl (C=O) groups excluding carboxylic acids is 1. The first kappa shape index (κ1) is 9.28. The minimum Gasteiger partial charge on any atom is -0.279 e. The summed E-state index contributed by atoms with van der Waals surface area (Å²) in [6.07, 6.45) is 0. The van der Waals surface area contributed by atoms with Gasteiger partial charge in [0, 0.05) is 0 Å². The smallest absolute Gasteiger partial charge is 0.242 e. The molecular formula is C3H5I2NOS. The first-order valence-electron chi connectivity index (χ1n) is 1.83. The molecule has 0 aliphatic rings. The quantitative estimate of drug-likeness (QED) is 0.344. The summed E-state index contributed by atoms with van der Waals surface area (Å²) in [7, 11) is 0. The summed E-state index contributed by atoms with van der Waals surface area (Å²) in [5.74, 6) is 0.0586. The van der Waals surface area contributed by atoms with Crippen LogP contribution in [0.1, 0.15) is 0 Å². The highest BCUT2D eigenvalue weighted by atomic mass is 127. The lowest BCUT2D eigenvalue weighted by Crippen LogP contribution is -2.20. The molecule has 1 amide bonds. The van der Waals surface area contributed by atoms with Crippen molar-refractivity contribution in [2.75, 3.05) is 8.98 Å². The Morgan fingerprint density at radius 1 is 1.62 bits per heavy atom. The minimum absolute atomic E-state index is 0.0586. The fourth-order valence-electron chi connectivity index (χ4n) is 0.136. The summed E-state index contributed by atoms with van der Waals surface area (Å²) in [6, 6.07) is 0. The van der Waals surface area contributed by atoms with Crippen LogP contribution in [0.3, 0.4) is 0 Å². The summed E-state index contributed by atoms with van der Waals surface area (Å²) in [4.78, 5) is 10.6. The molecule has 0 aromatic carbocycles. The Morgan fingerprint density at radius 3 is 2.25 bits per heavy atom. The molecule has 2 nitrogen and oxygen atoms in total. The van der Waals surface area contributed by atoms with Crippen LogP contribution in [0.4, 0.5) is 0 Å². The van der Waals surface area contributed by atoms with E-state index in [0.717, 1.165) is 0 Å². The SMILES string of the molecule is O=C(CI)N(S)CI. The molecule has 0 fully saturated rings. The van der Waals surface area contributed by atoms with Crippen LogP contribution in [0.25, 0.3) is 0 Å². The maximum Gasteiger partial charge on any atom is 0.242 e. The number of nitrogens with zero attached hydrogens (tertiary/aromatic N) is 1. The van der Waals surface area contributed by atoms with Gasteiger partial charge in [0.15, 0.2) is 0 Å². The standard InChI is InChI=1S/C3H5I2NOS/c4-1-3(7)6(8)2-5/h8H,1-2H2. The Labute approximate surface area is 81.2 Å². The largest absolute Gasteiger partial charge is 0.279 e. The molecule has 0 heterocycles. The highest BCUT2D eigenvalue weighted by Crippen LogP contribution is 2.00. The Hall–Kier alpha value is 1.28. The van der Waals surface area contributed by atoms with Gasteiger partial charge in [-0.05, 0) is 0 Å². The average molecular weight is 357 g/mol. The van der Waals surface area contributed by atoms with Crippen LogP contribution < -0.4 is 0 Å². The summed E-state index contributed by atoms with van der Waals surface area (Å²) < 4.78 is 2.53. The minimum atomic E-state index is 0.0586. The molecule has 0 unspecified atom stereocenters. The molecule has 0 radical (unpaired) electrons. The van der Waals surface area contributed by atoms with Crippen molar-refractivity contribution in [1.82, 2.24) is 4.31 Å². The summed E-state index contributed by atoms with van der Waals surface area (Å²) in [6.45, 7) is 0. The monoisotopic (exact) mass is 357 g/mol. The van der Waals surface area contributed by atoms with Gasteiger partial charge < -0.3 is 0 Å². The van der Waals surface area contributed by atoms with Crippen LogP contribution in [-0.2, 0) is 4.79 Å². The fraction of sp³-hybridized carbons (Fsp3) is 0.667. The second-order valence-corrected chi connectivity index (χ2v) is 2.97. The Morgan fingerprint density at radius 2 is 2.12 bits per heavy atom. The van der Waals surface area contributed by atoms with Gasteiger partial charge in [0.05, 0.1) is 8.98 Å². The van der Waals surface area contributed by atoms with Gasteiger partial charge in [0.25, 0.3) is 0 Å². The number of hydrogen-bond acceptors (Lipinski definition) is 2. The summed E-state index contributed by atoms with van der Waals surface area (Å²) >= 11 is 7.96. The molecule has 0 atom stereocenters. The maximum absolute atomic E-state index is 10.6. The lowest BCUT2D eigenvalue weighted by atomic mass is 10.7. The molecular weight excluding hydrogens is 352 g/mol. The van der Waals surface area contributed by atoms with Crippen molar-refractivity contribution in [1.29, 1.82) is 0 Å². The van der Waals surface area contributed by atoms with E-state index in [9.17, 15) is 4.79 Å². The second-order valence-electron chi connectivity index (χ2n) is 1.05. The zero-order valence-corrected chi connectivity index (χ0v) is 9.18. The number of thiol groups is 1. The van der Waals surface area contributed by atoms with Gasteiger partial charge in [0.2, 0.25) is 5.91 Å². The first-order chi connectivity index (χ1) is 3.72. The number of alkyl halides is 2. The summed E-state index contributed by atoms with van der Waals surface area (Å²) in [5.41, 5.74) is 0.